The molecule has 0 amide bonds. The van der Waals surface area contributed by atoms with Crippen molar-refractivity contribution in [2.75, 3.05) is 7.11 Å². The fourth-order valence-electron chi connectivity index (χ4n) is 3.75. The number of ketones is 1. The Balaban J connectivity index is 1.97. The van der Waals surface area contributed by atoms with Crippen LogP contribution in [0, 0.1) is 0 Å². The van der Waals surface area contributed by atoms with E-state index in [2.05, 4.69) is 21.2 Å². The zero-order valence-corrected chi connectivity index (χ0v) is 16.3. The van der Waals surface area contributed by atoms with Crippen molar-refractivity contribution in [2.24, 2.45) is 0 Å². The molecule has 1 atom stereocenters. The van der Waals surface area contributed by atoms with E-state index in [1.54, 1.807) is 31.2 Å². The minimum Gasteiger partial charge on any atom is -0.507 e. The molecule has 4 rings (SSSR count). The van der Waals surface area contributed by atoms with Gasteiger partial charge in [-0.15, -0.1) is 0 Å². The molecule has 1 aliphatic heterocycles. The van der Waals surface area contributed by atoms with Crippen molar-refractivity contribution < 1.29 is 19.4 Å². The average Bonchev–Trinajstić information content (AvgIpc) is 2.95. The van der Waals surface area contributed by atoms with Crippen molar-refractivity contribution in [1.29, 1.82) is 0 Å². The third-order valence-electron chi connectivity index (χ3n) is 4.96. The number of Topliss-reactive ketones (excluding diaryl/α,β-unsaturated/α-hetero) is 1. The average molecular weight is 426 g/mol. The zero-order chi connectivity index (χ0) is 19.3. The Kier molecular flexibility index (Phi) is 4.15. The number of ether oxygens (including phenoxy) is 1. The highest BCUT2D eigenvalue weighted by molar-refractivity contribution is 9.10. The molecule has 0 saturated heterocycles. The van der Waals surface area contributed by atoms with E-state index in [4.69, 9.17) is 4.74 Å². The number of fused-ring (bicyclic) bond motifs is 2. The third kappa shape index (κ3) is 2.59. The first-order chi connectivity index (χ1) is 12.9. The number of methoxy groups -OCH3 is 1. The van der Waals surface area contributed by atoms with Crippen LogP contribution >= 0.6 is 15.9 Å². The van der Waals surface area contributed by atoms with Crippen molar-refractivity contribution in [3.05, 3.63) is 80.5 Å². The van der Waals surface area contributed by atoms with Gasteiger partial charge in [-0.1, -0.05) is 30.3 Å². The molecule has 5 nitrogen and oxygen atoms in total. The number of aromatic hydroxyl groups is 1. The lowest BCUT2D eigenvalue weighted by atomic mass is 9.80. The van der Waals surface area contributed by atoms with Crippen LogP contribution in [0.25, 0.3) is 5.70 Å². The highest BCUT2D eigenvalue weighted by atomic mass is 79.9. The number of benzene rings is 2. The lowest BCUT2D eigenvalue weighted by Gasteiger charge is -2.29. The summed E-state index contributed by atoms with van der Waals surface area (Å²) in [5.41, 5.74) is 4.40. The molecule has 2 aromatic rings. The van der Waals surface area contributed by atoms with Crippen molar-refractivity contribution in [1.82, 2.24) is 5.32 Å². The van der Waals surface area contributed by atoms with E-state index in [1.165, 1.54) is 7.11 Å². The van der Waals surface area contributed by atoms with E-state index in [9.17, 15) is 14.7 Å². The molecular formula is C21H16BrNO4. The summed E-state index contributed by atoms with van der Waals surface area (Å²) < 4.78 is 5.49. The summed E-state index contributed by atoms with van der Waals surface area (Å²) in [5, 5.41) is 13.1. The molecule has 1 heterocycles. The molecule has 27 heavy (non-hydrogen) atoms. The molecule has 136 valence electrons. The number of hydrogen-bond acceptors (Lipinski definition) is 5. The number of dihydropyridines is 1. The van der Waals surface area contributed by atoms with Gasteiger partial charge in [0.2, 0.25) is 0 Å². The number of allylic oxidation sites excluding steroid dienone is 2. The Morgan fingerprint density at radius 2 is 1.89 bits per heavy atom. The summed E-state index contributed by atoms with van der Waals surface area (Å²) in [6.45, 7) is 1.80. The number of nitrogens with one attached hydrogen (secondary N) is 1. The summed E-state index contributed by atoms with van der Waals surface area (Å²) in [7, 11) is 1.32. The number of halogens is 1. The molecule has 2 aromatic carbocycles. The molecule has 0 aromatic heterocycles. The van der Waals surface area contributed by atoms with Crippen LogP contribution in [0.2, 0.25) is 0 Å². The van der Waals surface area contributed by atoms with Crippen LogP contribution in [-0.2, 0) is 9.53 Å². The van der Waals surface area contributed by atoms with Crippen LogP contribution in [-0.4, -0.2) is 24.0 Å². The van der Waals surface area contributed by atoms with Gasteiger partial charge in [0.1, 0.15) is 5.75 Å². The molecule has 0 fully saturated rings. The van der Waals surface area contributed by atoms with Crippen LogP contribution in [0.4, 0.5) is 0 Å². The largest absolute Gasteiger partial charge is 0.507 e. The Morgan fingerprint density at radius 3 is 2.56 bits per heavy atom. The highest BCUT2D eigenvalue weighted by Crippen LogP contribution is 2.47. The molecular weight excluding hydrogens is 410 g/mol. The summed E-state index contributed by atoms with van der Waals surface area (Å²) in [4.78, 5) is 25.8. The van der Waals surface area contributed by atoms with Gasteiger partial charge in [0, 0.05) is 28.3 Å². The highest BCUT2D eigenvalue weighted by Gasteiger charge is 2.42. The summed E-state index contributed by atoms with van der Waals surface area (Å²) in [6.07, 6.45) is 0. The predicted molar refractivity (Wildman–Crippen MR) is 104 cm³/mol. The Labute approximate surface area is 164 Å². The van der Waals surface area contributed by atoms with Gasteiger partial charge in [-0.05, 0) is 40.5 Å². The lowest BCUT2D eigenvalue weighted by molar-refractivity contribution is -0.136. The molecule has 0 radical (unpaired) electrons. The number of hydrogen-bond donors (Lipinski definition) is 2. The monoisotopic (exact) mass is 425 g/mol. The number of carbonyl (C=O) groups is 2. The summed E-state index contributed by atoms with van der Waals surface area (Å²) >= 11 is 3.32. The smallest absolute Gasteiger partial charge is 0.336 e. The number of phenols is 1. The van der Waals surface area contributed by atoms with E-state index < -0.39 is 11.9 Å². The molecule has 1 aliphatic carbocycles. The van der Waals surface area contributed by atoms with Gasteiger partial charge >= 0.3 is 5.97 Å². The molecule has 2 aliphatic rings. The fourth-order valence-corrected chi connectivity index (χ4v) is 4.14. The SMILES string of the molecule is COC(=O)C1=C(C)NC2=C(C(=O)c3ccccc32)C1c1ccc(O)c(Br)c1. The summed E-state index contributed by atoms with van der Waals surface area (Å²) in [6, 6.07) is 12.4. The van der Waals surface area contributed by atoms with E-state index in [1.807, 2.05) is 18.2 Å². The van der Waals surface area contributed by atoms with E-state index in [0.717, 1.165) is 16.8 Å². The maximum absolute atomic E-state index is 13.2. The second kappa shape index (κ2) is 6.39. The van der Waals surface area contributed by atoms with Crippen LogP contribution in [0.3, 0.4) is 0 Å². The topological polar surface area (TPSA) is 75.6 Å². The Bertz CT molecular complexity index is 1070. The molecule has 0 bridgehead atoms. The van der Waals surface area contributed by atoms with Gasteiger partial charge in [0.15, 0.2) is 5.78 Å². The van der Waals surface area contributed by atoms with Crippen molar-refractivity contribution >= 4 is 33.4 Å². The Morgan fingerprint density at radius 1 is 1.19 bits per heavy atom. The number of esters is 1. The molecule has 2 N–H and O–H groups in total. The van der Waals surface area contributed by atoms with Gasteiger partial charge in [0.05, 0.1) is 22.9 Å². The first kappa shape index (κ1) is 17.5. The zero-order valence-electron chi connectivity index (χ0n) is 14.7. The molecule has 0 spiro atoms. The van der Waals surface area contributed by atoms with E-state index in [0.29, 0.717) is 26.9 Å². The summed E-state index contributed by atoms with van der Waals surface area (Å²) in [5.74, 6) is -1.12. The molecule has 1 unspecified atom stereocenters. The lowest BCUT2D eigenvalue weighted by Crippen LogP contribution is -2.29. The first-order valence-corrected chi connectivity index (χ1v) is 9.16. The normalized spacial score (nSPS) is 18.2. The van der Waals surface area contributed by atoms with Gasteiger partial charge < -0.3 is 15.2 Å². The fraction of sp³-hybridized carbons (Fsp3) is 0.143. The molecule has 6 heteroatoms. The second-order valence-electron chi connectivity index (χ2n) is 6.46. The van der Waals surface area contributed by atoms with Crippen molar-refractivity contribution in [2.45, 2.75) is 12.8 Å². The van der Waals surface area contributed by atoms with Gasteiger partial charge in [-0.25, -0.2) is 4.79 Å². The minimum atomic E-state index is -0.592. The first-order valence-electron chi connectivity index (χ1n) is 8.36. The minimum absolute atomic E-state index is 0.0863. The van der Waals surface area contributed by atoms with Crippen LogP contribution in [0.15, 0.2) is 63.8 Å². The van der Waals surface area contributed by atoms with Crippen LogP contribution in [0.5, 0.6) is 5.75 Å². The maximum atomic E-state index is 13.2. The number of carbonyl (C=O) groups excluding carboxylic acids is 2. The number of rotatable bonds is 2. The molecule has 0 saturated carbocycles. The van der Waals surface area contributed by atoms with Crippen LogP contribution in [0.1, 0.15) is 34.3 Å². The quantitative estimate of drug-likeness (QED) is 0.713. The van der Waals surface area contributed by atoms with Crippen molar-refractivity contribution in [3.8, 4) is 5.75 Å². The van der Waals surface area contributed by atoms with Gasteiger partial charge in [-0.3, -0.25) is 4.79 Å². The van der Waals surface area contributed by atoms with Gasteiger partial charge in [-0.2, -0.15) is 0 Å². The number of phenolic OH excluding ortho intramolecular Hbond substituents is 1. The third-order valence-corrected chi connectivity index (χ3v) is 5.59. The predicted octanol–water partition coefficient (Wildman–Crippen LogP) is 3.90. The van der Waals surface area contributed by atoms with Crippen molar-refractivity contribution in [3.63, 3.8) is 0 Å². The second-order valence-corrected chi connectivity index (χ2v) is 7.32. The maximum Gasteiger partial charge on any atom is 0.336 e. The standard InChI is InChI=1S/C21H16BrNO4/c1-10-16(21(26)27-2)17(11-7-8-15(24)14(22)9-11)18-19(23-10)12-5-3-4-6-13(12)20(18)25/h3-9,17,23-24H,1-2H3. The van der Waals surface area contributed by atoms with E-state index >= 15 is 0 Å². The Hall–Kier alpha value is -2.86. The van der Waals surface area contributed by atoms with Gasteiger partial charge in [0.25, 0.3) is 0 Å². The van der Waals surface area contributed by atoms with Crippen LogP contribution < -0.4 is 5.32 Å². The van der Waals surface area contributed by atoms with E-state index in [-0.39, 0.29) is 11.5 Å².